The van der Waals surface area contributed by atoms with Gasteiger partial charge in [-0.2, -0.15) is 0 Å². The maximum Gasteiger partial charge on any atom is 0.330 e. The average molecular weight is 610 g/mol. The number of aliphatic hydroxyl groups is 1. The molecule has 0 saturated carbocycles. The fourth-order valence-electron chi connectivity index (χ4n) is 6.02. The summed E-state index contributed by atoms with van der Waals surface area (Å²) in [5.74, 6) is -0.477. The van der Waals surface area contributed by atoms with Crippen LogP contribution in [-0.4, -0.2) is 80.8 Å². The highest BCUT2D eigenvalue weighted by Crippen LogP contribution is 2.38. The van der Waals surface area contributed by atoms with Gasteiger partial charge >= 0.3 is 6.03 Å². The Kier molecular flexibility index (Phi) is 8.14. The first-order valence-corrected chi connectivity index (χ1v) is 15.7. The van der Waals surface area contributed by atoms with Crippen LogP contribution in [0.2, 0.25) is 0 Å². The van der Waals surface area contributed by atoms with Crippen molar-refractivity contribution < 1.29 is 23.9 Å². The highest BCUT2D eigenvalue weighted by atomic mass is 32.1. The molecular weight excluding hydrogens is 573 g/mol. The molecule has 0 radical (unpaired) electrons. The van der Waals surface area contributed by atoms with Crippen LogP contribution < -0.4 is 15.5 Å². The second-order valence-corrected chi connectivity index (χ2v) is 13.1. The Labute approximate surface area is 252 Å². The first kappa shape index (κ1) is 29.5. The summed E-state index contributed by atoms with van der Waals surface area (Å²) in [4.78, 5) is 55.2. The number of amides is 4. The number of thiazole rings is 1. The SMILES string of the molecule is CC(C)[C@]1(F)CCc2nc3sc(C(=O)N[C@H](CCN4CCC(O)CC4)c4ccc(N5CC(=O)NC5=O)nc4)nc3cc2C1. The van der Waals surface area contributed by atoms with Gasteiger partial charge in [0.1, 0.15) is 28.4 Å². The molecule has 2 aliphatic heterocycles. The smallest absolute Gasteiger partial charge is 0.330 e. The Hall–Kier alpha value is -3.55. The van der Waals surface area contributed by atoms with Crippen LogP contribution in [0, 0.1) is 5.92 Å². The van der Waals surface area contributed by atoms with Crippen molar-refractivity contribution in [2.45, 2.75) is 70.2 Å². The van der Waals surface area contributed by atoms with Gasteiger partial charge in [0, 0.05) is 37.9 Å². The minimum Gasteiger partial charge on any atom is -0.393 e. The number of aliphatic hydroxyl groups excluding tert-OH is 1. The Bertz CT molecular complexity index is 1540. The van der Waals surface area contributed by atoms with E-state index in [1.54, 1.807) is 18.3 Å². The van der Waals surface area contributed by atoms with Crippen molar-refractivity contribution in [1.29, 1.82) is 0 Å². The predicted octanol–water partition coefficient (Wildman–Crippen LogP) is 3.31. The number of aryl methyl sites for hydroxylation is 1. The van der Waals surface area contributed by atoms with Crippen molar-refractivity contribution in [2.24, 2.45) is 5.92 Å². The van der Waals surface area contributed by atoms with E-state index in [0.29, 0.717) is 61.2 Å². The lowest BCUT2D eigenvalue weighted by Gasteiger charge is -2.33. The normalized spacial score (nSPS) is 22.2. The number of nitrogens with zero attached hydrogens (tertiary/aromatic N) is 5. The molecule has 13 heteroatoms. The molecule has 3 N–H and O–H groups in total. The molecule has 0 aromatic carbocycles. The minimum atomic E-state index is -1.27. The van der Waals surface area contributed by atoms with Crippen molar-refractivity contribution in [2.75, 3.05) is 31.1 Å². The summed E-state index contributed by atoms with van der Waals surface area (Å²) in [7, 11) is 0. The molecule has 0 spiro atoms. The molecule has 43 heavy (non-hydrogen) atoms. The van der Waals surface area contributed by atoms with Crippen LogP contribution >= 0.6 is 11.3 Å². The maximum atomic E-state index is 15.4. The van der Waals surface area contributed by atoms with E-state index in [1.807, 2.05) is 19.9 Å². The Morgan fingerprint density at radius 3 is 2.72 bits per heavy atom. The van der Waals surface area contributed by atoms with Gasteiger partial charge in [-0.1, -0.05) is 31.3 Å². The molecule has 11 nitrogen and oxygen atoms in total. The van der Waals surface area contributed by atoms with Gasteiger partial charge in [-0.25, -0.2) is 24.1 Å². The molecule has 3 aromatic rings. The summed E-state index contributed by atoms with van der Waals surface area (Å²) in [6.07, 6.45) is 4.66. The first-order chi connectivity index (χ1) is 20.6. The van der Waals surface area contributed by atoms with E-state index in [4.69, 9.17) is 4.98 Å². The fourth-order valence-corrected chi connectivity index (χ4v) is 6.86. The van der Waals surface area contributed by atoms with Crippen LogP contribution in [0.3, 0.4) is 0 Å². The van der Waals surface area contributed by atoms with Crippen molar-refractivity contribution >= 4 is 45.3 Å². The highest BCUT2D eigenvalue weighted by molar-refractivity contribution is 7.19. The second kappa shape index (κ2) is 11.9. The topological polar surface area (TPSA) is 141 Å². The number of anilines is 1. The minimum absolute atomic E-state index is 0.0923. The zero-order chi connectivity index (χ0) is 30.3. The van der Waals surface area contributed by atoms with Crippen molar-refractivity contribution in [1.82, 2.24) is 30.5 Å². The zero-order valence-electron chi connectivity index (χ0n) is 24.3. The Morgan fingerprint density at radius 2 is 2.05 bits per heavy atom. The molecule has 6 rings (SSSR count). The third-order valence-electron chi connectivity index (χ3n) is 8.88. The van der Waals surface area contributed by atoms with Gasteiger partial charge in [0.05, 0.1) is 12.1 Å². The molecule has 228 valence electrons. The summed E-state index contributed by atoms with van der Waals surface area (Å²) in [5.41, 5.74) is 1.81. The number of fused-ring (bicyclic) bond motifs is 2. The largest absolute Gasteiger partial charge is 0.393 e. The summed E-state index contributed by atoms with van der Waals surface area (Å²) in [6, 6.07) is 4.43. The van der Waals surface area contributed by atoms with Gasteiger partial charge in [0.2, 0.25) is 5.91 Å². The second-order valence-electron chi connectivity index (χ2n) is 12.1. The lowest BCUT2D eigenvalue weighted by molar-refractivity contribution is -0.117. The monoisotopic (exact) mass is 609 g/mol. The number of carbonyl (C=O) groups is 3. The summed E-state index contributed by atoms with van der Waals surface area (Å²) < 4.78 is 15.4. The average Bonchev–Trinajstić information content (AvgIpc) is 3.56. The third-order valence-corrected chi connectivity index (χ3v) is 9.85. The number of carbonyl (C=O) groups excluding carboxylic acids is 3. The first-order valence-electron chi connectivity index (χ1n) is 14.8. The summed E-state index contributed by atoms with van der Waals surface area (Å²) >= 11 is 1.22. The highest BCUT2D eigenvalue weighted by Gasteiger charge is 2.38. The number of urea groups is 1. The van der Waals surface area contributed by atoms with Crippen LogP contribution in [0.15, 0.2) is 24.4 Å². The van der Waals surface area contributed by atoms with Gasteiger partial charge in [-0.05, 0) is 61.3 Å². The predicted molar refractivity (Wildman–Crippen MR) is 160 cm³/mol. The number of pyridine rings is 2. The Morgan fingerprint density at radius 1 is 1.26 bits per heavy atom. The standard InChI is InChI=1S/C30H36FN7O4S/c1-17(2)30(31)9-5-21-19(14-30)13-23-27(34-21)43-28(35-23)26(41)33-22(8-12-37-10-6-20(39)7-11-37)18-3-4-24(32-15-18)38-16-25(40)36-29(38)42/h3-4,13,15,17,20,22,39H,5-12,14,16H2,1-2H3,(H,33,41)(H,36,40,42)/t22-,30+/m1/s1. The quantitative estimate of drug-likeness (QED) is 0.331. The van der Waals surface area contributed by atoms with Crippen LogP contribution in [0.4, 0.5) is 15.0 Å². The van der Waals surface area contributed by atoms with Crippen LogP contribution in [-0.2, 0) is 17.6 Å². The molecule has 0 unspecified atom stereocenters. The van der Waals surface area contributed by atoms with Gasteiger partial charge in [-0.15, -0.1) is 0 Å². The van der Waals surface area contributed by atoms with E-state index in [1.165, 1.54) is 16.2 Å². The molecule has 3 aromatic heterocycles. The molecule has 3 aliphatic rings. The van der Waals surface area contributed by atoms with Gasteiger partial charge < -0.3 is 15.3 Å². The number of likely N-dealkylation sites (tertiary alicyclic amines) is 1. The number of rotatable bonds is 8. The van der Waals surface area contributed by atoms with E-state index >= 15 is 4.39 Å². The van der Waals surface area contributed by atoms with Gasteiger partial charge in [0.25, 0.3) is 5.91 Å². The summed E-state index contributed by atoms with van der Waals surface area (Å²) in [6.45, 7) is 5.98. The van der Waals surface area contributed by atoms with Gasteiger partial charge in [-0.3, -0.25) is 19.8 Å². The number of imide groups is 1. The zero-order valence-corrected chi connectivity index (χ0v) is 25.1. The molecular formula is C30H36FN7O4S. The maximum absolute atomic E-state index is 15.4. The molecule has 0 bridgehead atoms. The van der Waals surface area contributed by atoms with Crippen molar-refractivity contribution in [3.63, 3.8) is 0 Å². The van der Waals surface area contributed by atoms with Crippen LogP contribution in [0.1, 0.15) is 72.2 Å². The molecule has 2 fully saturated rings. The Balaban J connectivity index is 1.21. The fraction of sp³-hybridized carbons (Fsp3) is 0.533. The summed E-state index contributed by atoms with van der Waals surface area (Å²) in [5, 5.41) is 15.5. The third kappa shape index (κ3) is 6.24. The van der Waals surface area contributed by atoms with E-state index < -0.39 is 17.7 Å². The van der Waals surface area contributed by atoms with Crippen LogP contribution in [0.25, 0.3) is 10.3 Å². The number of alkyl halides is 1. The van der Waals surface area contributed by atoms with Crippen molar-refractivity contribution in [3.05, 3.63) is 46.2 Å². The van der Waals surface area contributed by atoms with Gasteiger partial charge in [0.15, 0.2) is 5.01 Å². The van der Waals surface area contributed by atoms with Crippen LogP contribution in [0.5, 0.6) is 0 Å². The molecule has 2 atom stereocenters. The number of nitrogens with one attached hydrogen (secondary N) is 2. The van der Waals surface area contributed by atoms with E-state index in [-0.39, 0.29) is 35.4 Å². The molecule has 4 amide bonds. The lowest BCUT2D eigenvalue weighted by Crippen LogP contribution is -2.38. The van der Waals surface area contributed by atoms with E-state index in [0.717, 1.165) is 29.9 Å². The molecule has 1 aliphatic carbocycles. The number of hydrogen-bond acceptors (Lipinski definition) is 9. The van der Waals surface area contributed by atoms with Crippen molar-refractivity contribution in [3.8, 4) is 0 Å². The van der Waals surface area contributed by atoms with E-state index in [9.17, 15) is 19.5 Å². The lowest BCUT2D eigenvalue weighted by atomic mass is 9.77. The molecule has 2 saturated heterocycles. The molecule has 5 heterocycles. The number of piperidine rings is 1. The number of halogens is 1. The number of hydrogen-bond donors (Lipinski definition) is 3. The van der Waals surface area contributed by atoms with E-state index in [2.05, 4.69) is 25.5 Å². The number of aromatic nitrogens is 3.